The molecule has 2 aromatic rings. The zero-order chi connectivity index (χ0) is 16.7. The van der Waals surface area contributed by atoms with Crippen LogP contribution in [0.1, 0.15) is 28.2 Å². The van der Waals surface area contributed by atoms with Crippen LogP contribution in [0.5, 0.6) is 0 Å². The molecule has 126 valence electrons. The Hall–Kier alpha value is -2.14. The number of carbonyl (C=O) groups is 1. The number of likely N-dealkylation sites (tertiary alicyclic amines) is 2. The number of rotatable bonds is 3. The molecule has 2 fully saturated rings. The van der Waals surface area contributed by atoms with Gasteiger partial charge in [0.1, 0.15) is 0 Å². The Balaban J connectivity index is 1.42. The van der Waals surface area contributed by atoms with Crippen molar-refractivity contribution in [2.75, 3.05) is 19.6 Å². The number of piperidine rings is 1. The fourth-order valence-corrected chi connectivity index (χ4v) is 3.92. The molecule has 0 radical (unpaired) electrons. The van der Waals surface area contributed by atoms with Crippen LogP contribution in [0.15, 0.2) is 36.4 Å². The summed E-state index contributed by atoms with van der Waals surface area (Å²) in [5, 5.41) is 4.35. The molecule has 1 amide bonds. The summed E-state index contributed by atoms with van der Waals surface area (Å²) in [7, 11) is 1.88. The number of hydrogen-bond donors (Lipinski definition) is 0. The molecule has 2 aliphatic rings. The van der Waals surface area contributed by atoms with Gasteiger partial charge in [0.2, 0.25) is 0 Å². The average Bonchev–Trinajstić information content (AvgIpc) is 2.92. The zero-order valence-corrected chi connectivity index (χ0v) is 14.4. The molecule has 0 bridgehead atoms. The maximum Gasteiger partial charge on any atom is 0.274 e. The van der Waals surface area contributed by atoms with Gasteiger partial charge in [0, 0.05) is 45.0 Å². The normalized spacial score (nSPS) is 23.7. The molecule has 2 atom stereocenters. The van der Waals surface area contributed by atoms with Gasteiger partial charge in [0.05, 0.1) is 0 Å². The van der Waals surface area contributed by atoms with Gasteiger partial charge in [-0.15, -0.1) is 0 Å². The van der Waals surface area contributed by atoms with E-state index < -0.39 is 0 Å². The van der Waals surface area contributed by atoms with Crippen molar-refractivity contribution in [3.8, 4) is 0 Å². The van der Waals surface area contributed by atoms with Gasteiger partial charge in [-0.05, 0) is 30.9 Å². The molecule has 0 saturated carbocycles. The lowest BCUT2D eigenvalue weighted by atomic mass is 9.82. The summed E-state index contributed by atoms with van der Waals surface area (Å²) in [4.78, 5) is 17.2. The van der Waals surface area contributed by atoms with E-state index in [0.29, 0.717) is 11.7 Å². The molecule has 0 spiro atoms. The van der Waals surface area contributed by atoms with Crippen LogP contribution in [0, 0.1) is 12.8 Å². The molecule has 2 saturated heterocycles. The van der Waals surface area contributed by atoms with Gasteiger partial charge in [0.15, 0.2) is 5.69 Å². The van der Waals surface area contributed by atoms with E-state index >= 15 is 0 Å². The highest BCUT2D eigenvalue weighted by Gasteiger charge is 2.43. The lowest BCUT2D eigenvalue weighted by Crippen LogP contribution is -2.64. The lowest BCUT2D eigenvalue weighted by molar-refractivity contribution is -0.0428. The number of benzene rings is 1. The summed E-state index contributed by atoms with van der Waals surface area (Å²) in [5.41, 5.74) is 2.93. The minimum absolute atomic E-state index is 0.0729. The largest absolute Gasteiger partial charge is 0.336 e. The van der Waals surface area contributed by atoms with Crippen molar-refractivity contribution in [2.45, 2.75) is 25.9 Å². The molecule has 0 unspecified atom stereocenters. The third-order valence-electron chi connectivity index (χ3n) is 5.51. The molecule has 2 aliphatic heterocycles. The number of aryl methyl sites for hydroxylation is 2. The highest BCUT2D eigenvalue weighted by molar-refractivity contribution is 5.92. The Morgan fingerprint density at radius 3 is 2.75 bits per heavy atom. The van der Waals surface area contributed by atoms with Crippen molar-refractivity contribution in [1.82, 2.24) is 19.6 Å². The predicted octanol–water partition coefficient (Wildman–Crippen LogP) is 2.08. The first-order chi connectivity index (χ1) is 11.6. The summed E-state index contributed by atoms with van der Waals surface area (Å²) in [5.74, 6) is 0.812. The van der Waals surface area contributed by atoms with Crippen LogP contribution in [0.4, 0.5) is 0 Å². The first kappa shape index (κ1) is 15.4. The molecular weight excluding hydrogens is 300 g/mol. The molecule has 5 nitrogen and oxygen atoms in total. The van der Waals surface area contributed by atoms with Crippen LogP contribution in [0.3, 0.4) is 0 Å². The van der Waals surface area contributed by atoms with E-state index in [1.54, 1.807) is 4.68 Å². The average molecular weight is 324 g/mol. The molecule has 24 heavy (non-hydrogen) atoms. The van der Waals surface area contributed by atoms with Gasteiger partial charge in [-0.2, -0.15) is 5.10 Å². The molecule has 0 N–H and O–H groups in total. The van der Waals surface area contributed by atoms with E-state index in [0.717, 1.165) is 44.2 Å². The van der Waals surface area contributed by atoms with Gasteiger partial charge in [-0.3, -0.25) is 14.4 Å². The fourth-order valence-electron chi connectivity index (χ4n) is 3.92. The maximum atomic E-state index is 12.7. The quantitative estimate of drug-likeness (QED) is 0.868. The Morgan fingerprint density at radius 1 is 1.25 bits per heavy atom. The molecule has 1 aromatic carbocycles. The zero-order valence-electron chi connectivity index (χ0n) is 14.4. The fraction of sp³-hybridized carbons (Fsp3) is 0.474. The second kappa shape index (κ2) is 6.06. The third-order valence-corrected chi connectivity index (χ3v) is 5.51. The van der Waals surface area contributed by atoms with E-state index in [4.69, 9.17) is 0 Å². The van der Waals surface area contributed by atoms with Gasteiger partial charge in [-0.1, -0.05) is 30.3 Å². The van der Waals surface area contributed by atoms with Gasteiger partial charge >= 0.3 is 0 Å². The highest BCUT2D eigenvalue weighted by Crippen LogP contribution is 2.34. The highest BCUT2D eigenvalue weighted by atomic mass is 16.2. The smallest absolute Gasteiger partial charge is 0.274 e. The van der Waals surface area contributed by atoms with Crippen molar-refractivity contribution in [3.63, 3.8) is 0 Å². The molecular formula is C19H24N4O. The Bertz CT molecular complexity index is 720. The predicted molar refractivity (Wildman–Crippen MR) is 92.6 cm³/mol. The summed E-state index contributed by atoms with van der Waals surface area (Å²) in [6.45, 7) is 5.79. The summed E-state index contributed by atoms with van der Waals surface area (Å²) in [6.07, 6.45) is 1.10. The van der Waals surface area contributed by atoms with E-state index in [1.165, 1.54) is 5.56 Å². The molecule has 1 aromatic heterocycles. The minimum atomic E-state index is 0.0729. The topological polar surface area (TPSA) is 41.4 Å². The summed E-state index contributed by atoms with van der Waals surface area (Å²) >= 11 is 0. The molecule has 0 aliphatic carbocycles. The van der Waals surface area contributed by atoms with Gasteiger partial charge in [0.25, 0.3) is 5.91 Å². The summed E-state index contributed by atoms with van der Waals surface area (Å²) < 4.78 is 1.77. The SMILES string of the molecule is Cc1cc(C(=O)N2CC[C@@H]3CN(Cc4ccccc4)[C@@H]3C2)nn1C. The van der Waals surface area contributed by atoms with Crippen LogP contribution in [-0.4, -0.2) is 51.2 Å². The number of hydrogen-bond acceptors (Lipinski definition) is 3. The lowest BCUT2D eigenvalue weighted by Gasteiger charge is -2.53. The van der Waals surface area contributed by atoms with E-state index in [1.807, 2.05) is 24.9 Å². The van der Waals surface area contributed by atoms with Crippen LogP contribution < -0.4 is 0 Å². The second-order valence-corrected chi connectivity index (χ2v) is 7.08. The molecule has 3 heterocycles. The van der Waals surface area contributed by atoms with Crippen molar-refractivity contribution in [3.05, 3.63) is 53.3 Å². The van der Waals surface area contributed by atoms with Crippen LogP contribution >= 0.6 is 0 Å². The van der Waals surface area contributed by atoms with Crippen molar-refractivity contribution in [1.29, 1.82) is 0 Å². The Kier molecular flexibility index (Phi) is 3.88. The van der Waals surface area contributed by atoms with Crippen molar-refractivity contribution < 1.29 is 4.79 Å². The minimum Gasteiger partial charge on any atom is -0.336 e. The van der Waals surface area contributed by atoms with Crippen LogP contribution in [0.2, 0.25) is 0 Å². The number of fused-ring (bicyclic) bond motifs is 1. The number of carbonyl (C=O) groups excluding carboxylic acids is 1. The Morgan fingerprint density at radius 2 is 2.04 bits per heavy atom. The van der Waals surface area contributed by atoms with Crippen molar-refractivity contribution >= 4 is 5.91 Å². The van der Waals surface area contributed by atoms with Crippen LogP contribution in [0.25, 0.3) is 0 Å². The monoisotopic (exact) mass is 324 g/mol. The maximum absolute atomic E-state index is 12.7. The Labute approximate surface area is 142 Å². The number of amides is 1. The molecule has 5 heteroatoms. The van der Waals surface area contributed by atoms with Crippen molar-refractivity contribution in [2.24, 2.45) is 13.0 Å². The number of aromatic nitrogens is 2. The van der Waals surface area contributed by atoms with E-state index in [-0.39, 0.29) is 5.91 Å². The van der Waals surface area contributed by atoms with Gasteiger partial charge < -0.3 is 4.90 Å². The standard InChI is InChI=1S/C19H24N4O/c1-14-10-17(20-21(14)2)19(24)22-9-8-16-12-23(18(16)13-22)11-15-6-4-3-5-7-15/h3-7,10,16,18H,8-9,11-13H2,1-2H3/t16-,18-/m1/s1. The van der Waals surface area contributed by atoms with Crippen LogP contribution in [-0.2, 0) is 13.6 Å². The second-order valence-electron chi connectivity index (χ2n) is 7.08. The summed E-state index contributed by atoms with van der Waals surface area (Å²) in [6, 6.07) is 13.0. The third kappa shape index (κ3) is 2.73. The first-order valence-corrected chi connectivity index (χ1v) is 8.69. The molecule has 4 rings (SSSR count). The van der Waals surface area contributed by atoms with E-state index in [9.17, 15) is 4.79 Å². The van der Waals surface area contributed by atoms with E-state index in [2.05, 4.69) is 40.3 Å². The first-order valence-electron chi connectivity index (χ1n) is 8.69. The number of nitrogens with zero attached hydrogens (tertiary/aromatic N) is 4. The van der Waals surface area contributed by atoms with Gasteiger partial charge in [-0.25, -0.2) is 0 Å².